The minimum atomic E-state index is -0.473. The number of carbonyl (C=O) groups excluding carboxylic acids is 1. The van der Waals surface area contributed by atoms with Crippen LogP contribution >= 0.6 is 0 Å². The Morgan fingerprint density at radius 1 is 1.50 bits per heavy atom. The van der Waals surface area contributed by atoms with Gasteiger partial charge in [0.1, 0.15) is 5.82 Å². The Morgan fingerprint density at radius 3 is 2.90 bits per heavy atom. The van der Waals surface area contributed by atoms with Crippen LogP contribution in [0.3, 0.4) is 0 Å². The monoisotopic (exact) mass is 281 g/mol. The number of esters is 1. The Hall–Kier alpha value is -1.62. The summed E-state index contributed by atoms with van der Waals surface area (Å²) < 4.78 is 23.8. The van der Waals surface area contributed by atoms with Crippen LogP contribution in [0.4, 0.5) is 10.1 Å². The van der Waals surface area contributed by atoms with Crippen molar-refractivity contribution in [3.05, 3.63) is 29.6 Å². The van der Waals surface area contributed by atoms with Crippen molar-refractivity contribution in [1.82, 2.24) is 0 Å². The lowest BCUT2D eigenvalue weighted by Crippen LogP contribution is -2.40. The molecule has 1 atom stereocenters. The second kappa shape index (κ2) is 5.79. The Bertz CT molecular complexity index is 502. The molecule has 1 saturated heterocycles. The third-order valence-electron chi connectivity index (χ3n) is 3.44. The number of anilines is 1. The molecule has 1 fully saturated rings. The fourth-order valence-corrected chi connectivity index (χ4v) is 2.50. The summed E-state index contributed by atoms with van der Waals surface area (Å²) in [4.78, 5) is 11.7. The smallest absolute Gasteiger partial charge is 0.339 e. The van der Waals surface area contributed by atoms with Gasteiger partial charge in [0, 0.05) is 12.6 Å². The van der Waals surface area contributed by atoms with Gasteiger partial charge in [0.05, 0.1) is 24.0 Å². The van der Waals surface area contributed by atoms with Crippen LogP contribution in [0.1, 0.15) is 37.0 Å². The van der Waals surface area contributed by atoms with Gasteiger partial charge >= 0.3 is 5.97 Å². The Kier molecular flexibility index (Phi) is 4.28. The van der Waals surface area contributed by atoms with E-state index in [4.69, 9.17) is 9.47 Å². The average molecular weight is 281 g/mol. The first-order chi connectivity index (χ1) is 9.41. The summed E-state index contributed by atoms with van der Waals surface area (Å²) in [6.07, 6.45) is 1.62. The molecule has 4 nitrogen and oxygen atoms in total. The molecule has 1 unspecified atom stereocenters. The van der Waals surface area contributed by atoms with E-state index in [0.717, 1.165) is 12.8 Å². The van der Waals surface area contributed by atoms with E-state index in [-0.39, 0.29) is 17.5 Å². The average Bonchev–Trinajstić information content (AvgIpc) is 2.37. The zero-order valence-corrected chi connectivity index (χ0v) is 12.0. The number of hydrogen-bond acceptors (Lipinski definition) is 4. The lowest BCUT2D eigenvalue weighted by atomic mass is 9.93. The molecule has 0 spiro atoms. The zero-order chi connectivity index (χ0) is 14.8. The summed E-state index contributed by atoms with van der Waals surface area (Å²) in [7, 11) is 1.31. The molecular weight excluding hydrogens is 261 g/mol. The van der Waals surface area contributed by atoms with Crippen LogP contribution < -0.4 is 5.32 Å². The highest BCUT2D eigenvalue weighted by atomic mass is 19.1. The maximum Gasteiger partial charge on any atom is 0.339 e. The van der Waals surface area contributed by atoms with Gasteiger partial charge in [-0.3, -0.25) is 0 Å². The highest BCUT2D eigenvalue weighted by Crippen LogP contribution is 2.28. The molecule has 0 radical (unpaired) electrons. The van der Waals surface area contributed by atoms with E-state index in [1.54, 1.807) is 0 Å². The Labute approximate surface area is 118 Å². The van der Waals surface area contributed by atoms with E-state index >= 15 is 0 Å². The van der Waals surface area contributed by atoms with Gasteiger partial charge in [0.25, 0.3) is 0 Å². The first kappa shape index (κ1) is 14.8. The van der Waals surface area contributed by atoms with Crippen LogP contribution in [-0.4, -0.2) is 31.3 Å². The lowest BCUT2D eigenvalue weighted by Gasteiger charge is -2.36. The SMILES string of the molecule is COC(=O)c1ccc(F)cc1NC1CCOC(C)(C)C1. The third kappa shape index (κ3) is 3.48. The van der Waals surface area contributed by atoms with Crippen LogP contribution in [0.2, 0.25) is 0 Å². The van der Waals surface area contributed by atoms with Gasteiger partial charge in [-0.1, -0.05) is 0 Å². The minimum Gasteiger partial charge on any atom is -0.465 e. The molecule has 2 rings (SSSR count). The van der Waals surface area contributed by atoms with Crippen LogP contribution in [0.5, 0.6) is 0 Å². The van der Waals surface area contributed by atoms with Crippen molar-refractivity contribution >= 4 is 11.7 Å². The number of benzene rings is 1. The van der Waals surface area contributed by atoms with E-state index < -0.39 is 5.97 Å². The summed E-state index contributed by atoms with van der Waals surface area (Å²) in [6.45, 7) is 4.69. The van der Waals surface area contributed by atoms with E-state index in [1.165, 1.54) is 25.3 Å². The van der Waals surface area contributed by atoms with Gasteiger partial charge in [-0.2, -0.15) is 0 Å². The van der Waals surface area contributed by atoms with Gasteiger partial charge < -0.3 is 14.8 Å². The highest BCUT2D eigenvalue weighted by molar-refractivity contribution is 5.95. The van der Waals surface area contributed by atoms with Crippen LogP contribution in [0.15, 0.2) is 18.2 Å². The Morgan fingerprint density at radius 2 is 2.25 bits per heavy atom. The number of halogens is 1. The second-order valence-corrected chi connectivity index (χ2v) is 5.62. The van der Waals surface area contributed by atoms with Crippen molar-refractivity contribution in [2.24, 2.45) is 0 Å². The Balaban J connectivity index is 2.19. The summed E-state index contributed by atoms with van der Waals surface area (Å²) in [5.41, 5.74) is 0.604. The molecule has 0 aromatic heterocycles. The summed E-state index contributed by atoms with van der Waals surface area (Å²) in [5, 5.41) is 3.24. The lowest BCUT2D eigenvalue weighted by molar-refractivity contribution is -0.0553. The summed E-state index contributed by atoms with van der Waals surface area (Å²) in [6, 6.07) is 4.16. The molecule has 0 amide bonds. The molecular formula is C15H20FNO3. The van der Waals surface area contributed by atoms with E-state index in [0.29, 0.717) is 17.9 Å². The summed E-state index contributed by atoms with van der Waals surface area (Å²) in [5.74, 6) is -0.856. The van der Waals surface area contributed by atoms with Crippen molar-refractivity contribution in [2.75, 3.05) is 19.0 Å². The van der Waals surface area contributed by atoms with Crippen molar-refractivity contribution in [3.8, 4) is 0 Å². The molecule has 0 bridgehead atoms. The van der Waals surface area contributed by atoms with Gasteiger partial charge in [0.15, 0.2) is 0 Å². The predicted molar refractivity (Wildman–Crippen MR) is 74.4 cm³/mol. The topological polar surface area (TPSA) is 47.6 Å². The number of nitrogens with one attached hydrogen (secondary N) is 1. The van der Waals surface area contributed by atoms with E-state index in [2.05, 4.69) is 5.32 Å². The quantitative estimate of drug-likeness (QED) is 0.865. The van der Waals surface area contributed by atoms with Crippen molar-refractivity contribution in [3.63, 3.8) is 0 Å². The first-order valence-electron chi connectivity index (χ1n) is 6.70. The van der Waals surface area contributed by atoms with Crippen LogP contribution in [0, 0.1) is 5.82 Å². The van der Waals surface area contributed by atoms with Gasteiger partial charge in [-0.25, -0.2) is 9.18 Å². The zero-order valence-electron chi connectivity index (χ0n) is 12.0. The standard InChI is InChI=1S/C15H20FNO3/c1-15(2)9-11(6-7-20-15)17-13-8-10(16)4-5-12(13)14(18)19-3/h4-5,8,11,17H,6-7,9H2,1-3H3. The highest BCUT2D eigenvalue weighted by Gasteiger charge is 2.29. The molecule has 20 heavy (non-hydrogen) atoms. The number of hydrogen-bond donors (Lipinski definition) is 1. The molecule has 0 saturated carbocycles. The largest absolute Gasteiger partial charge is 0.465 e. The van der Waals surface area contributed by atoms with E-state index in [9.17, 15) is 9.18 Å². The number of ether oxygens (including phenoxy) is 2. The van der Waals surface area contributed by atoms with Gasteiger partial charge in [0.2, 0.25) is 0 Å². The molecule has 110 valence electrons. The molecule has 5 heteroatoms. The maximum absolute atomic E-state index is 13.4. The second-order valence-electron chi connectivity index (χ2n) is 5.62. The molecule has 1 heterocycles. The molecule has 1 N–H and O–H groups in total. The number of methoxy groups -OCH3 is 1. The fourth-order valence-electron chi connectivity index (χ4n) is 2.50. The molecule has 1 aliphatic heterocycles. The van der Waals surface area contributed by atoms with Crippen LogP contribution in [-0.2, 0) is 9.47 Å². The maximum atomic E-state index is 13.4. The van der Waals surface area contributed by atoms with Crippen LogP contribution in [0.25, 0.3) is 0 Å². The first-order valence-corrected chi connectivity index (χ1v) is 6.70. The van der Waals surface area contributed by atoms with Crippen molar-refractivity contribution in [2.45, 2.75) is 38.3 Å². The molecule has 1 aliphatic rings. The normalized spacial score (nSPS) is 21.3. The minimum absolute atomic E-state index is 0.143. The van der Waals surface area contributed by atoms with E-state index in [1.807, 2.05) is 13.8 Å². The van der Waals surface area contributed by atoms with Crippen molar-refractivity contribution < 1.29 is 18.7 Å². The summed E-state index contributed by atoms with van der Waals surface area (Å²) >= 11 is 0. The fraction of sp³-hybridized carbons (Fsp3) is 0.533. The molecule has 1 aromatic carbocycles. The third-order valence-corrected chi connectivity index (χ3v) is 3.44. The van der Waals surface area contributed by atoms with Gasteiger partial charge in [-0.05, 0) is 44.9 Å². The van der Waals surface area contributed by atoms with Crippen molar-refractivity contribution in [1.29, 1.82) is 0 Å². The molecule has 1 aromatic rings. The number of carbonyl (C=O) groups is 1. The number of rotatable bonds is 3. The molecule has 0 aliphatic carbocycles. The predicted octanol–water partition coefficient (Wildman–Crippen LogP) is 2.98. The van der Waals surface area contributed by atoms with Gasteiger partial charge in [-0.15, -0.1) is 0 Å².